The number of rotatable bonds is 6. The molecule has 2 rings (SSSR count). The van der Waals surface area contributed by atoms with Crippen molar-refractivity contribution in [2.24, 2.45) is 0 Å². The Labute approximate surface area is 135 Å². The van der Waals surface area contributed by atoms with Crippen LogP contribution in [0.15, 0.2) is 54.6 Å². The third-order valence-corrected chi connectivity index (χ3v) is 3.08. The third-order valence-electron chi connectivity index (χ3n) is 3.08. The second kappa shape index (κ2) is 8.58. The van der Waals surface area contributed by atoms with Crippen molar-refractivity contribution < 1.29 is 19.1 Å². The van der Waals surface area contributed by atoms with Gasteiger partial charge in [-0.15, -0.1) is 0 Å². The molecule has 5 heteroatoms. The van der Waals surface area contributed by atoms with Gasteiger partial charge in [0.05, 0.1) is 0 Å². The van der Waals surface area contributed by atoms with Crippen LogP contribution in [0.5, 0.6) is 5.75 Å². The summed E-state index contributed by atoms with van der Waals surface area (Å²) in [4.78, 5) is 22.4. The average Bonchev–Trinajstić information content (AvgIpc) is 2.55. The van der Waals surface area contributed by atoms with Crippen molar-refractivity contribution in [2.75, 3.05) is 6.54 Å². The molecule has 0 aliphatic heterocycles. The minimum Gasteiger partial charge on any atom is -0.445 e. The van der Waals surface area contributed by atoms with Gasteiger partial charge in [0, 0.05) is 13.5 Å². The molecule has 0 fully saturated rings. The number of carbonyl (C=O) groups excluding carboxylic acids is 2. The van der Waals surface area contributed by atoms with Gasteiger partial charge in [0.1, 0.15) is 12.4 Å². The molecule has 2 aromatic carbocycles. The molecule has 0 atom stereocenters. The Balaban J connectivity index is 1.68. The summed E-state index contributed by atoms with van der Waals surface area (Å²) in [7, 11) is 0. The number of carbonyl (C=O) groups is 2. The van der Waals surface area contributed by atoms with Crippen LogP contribution in [0, 0.1) is 0 Å². The van der Waals surface area contributed by atoms with Crippen LogP contribution in [-0.4, -0.2) is 18.6 Å². The molecule has 0 bridgehead atoms. The minimum atomic E-state index is -0.439. The van der Waals surface area contributed by atoms with Crippen molar-refractivity contribution in [1.82, 2.24) is 5.32 Å². The van der Waals surface area contributed by atoms with E-state index in [1.54, 1.807) is 12.1 Å². The summed E-state index contributed by atoms with van der Waals surface area (Å²) in [6, 6.07) is 16.7. The Morgan fingerprint density at radius 2 is 1.65 bits per heavy atom. The highest BCUT2D eigenvalue weighted by Gasteiger charge is 2.03. The monoisotopic (exact) mass is 313 g/mol. The molecular weight excluding hydrogens is 294 g/mol. The van der Waals surface area contributed by atoms with Crippen molar-refractivity contribution >= 4 is 12.1 Å². The first-order valence-electron chi connectivity index (χ1n) is 7.35. The van der Waals surface area contributed by atoms with Crippen LogP contribution in [0.4, 0.5) is 4.79 Å². The fourth-order valence-electron chi connectivity index (χ4n) is 1.97. The van der Waals surface area contributed by atoms with E-state index in [1.165, 1.54) is 6.92 Å². The lowest BCUT2D eigenvalue weighted by Crippen LogP contribution is -2.26. The number of amides is 1. The van der Waals surface area contributed by atoms with Gasteiger partial charge in [-0.05, 0) is 29.7 Å². The lowest BCUT2D eigenvalue weighted by molar-refractivity contribution is -0.131. The fraction of sp³-hybridized carbons (Fsp3) is 0.222. The van der Waals surface area contributed by atoms with Crippen LogP contribution < -0.4 is 10.1 Å². The van der Waals surface area contributed by atoms with E-state index in [4.69, 9.17) is 9.47 Å². The van der Waals surface area contributed by atoms with E-state index in [9.17, 15) is 9.59 Å². The van der Waals surface area contributed by atoms with Crippen molar-refractivity contribution in [2.45, 2.75) is 20.0 Å². The molecule has 0 spiro atoms. The van der Waals surface area contributed by atoms with Crippen LogP contribution >= 0.6 is 0 Å². The molecule has 0 radical (unpaired) electrons. The first-order valence-corrected chi connectivity index (χ1v) is 7.35. The first-order chi connectivity index (χ1) is 11.1. The molecule has 0 unspecified atom stereocenters. The number of hydrogen-bond acceptors (Lipinski definition) is 4. The molecule has 2 aromatic rings. The maximum Gasteiger partial charge on any atom is 0.407 e. The van der Waals surface area contributed by atoms with Gasteiger partial charge in [0.25, 0.3) is 0 Å². The van der Waals surface area contributed by atoms with Crippen molar-refractivity contribution in [3.8, 4) is 5.75 Å². The van der Waals surface area contributed by atoms with E-state index in [0.29, 0.717) is 18.7 Å². The molecule has 5 nitrogen and oxygen atoms in total. The predicted octanol–water partition coefficient (Wildman–Crippen LogP) is 3.08. The standard InChI is InChI=1S/C18H19NO4/c1-14(20)23-17-9-7-15(8-10-17)11-12-19-18(21)22-13-16-5-3-2-4-6-16/h2-10H,11-13H2,1H3,(H,19,21). The Morgan fingerprint density at radius 1 is 0.957 bits per heavy atom. The molecule has 120 valence electrons. The Kier molecular flexibility index (Phi) is 6.17. The number of ether oxygens (including phenoxy) is 2. The van der Waals surface area contributed by atoms with Crippen molar-refractivity contribution in [3.63, 3.8) is 0 Å². The molecule has 0 saturated carbocycles. The molecule has 0 aromatic heterocycles. The summed E-state index contributed by atoms with van der Waals surface area (Å²) in [5.41, 5.74) is 1.98. The lowest BCUT2D eigenvalue weighted by Gasteiger charge is -2.07. The zero-order valence-corrected chi connectivity index (χ0v) is 13.0. The summed E-state index contributed by atoms with van der Waals surface area (Å²) < 4.78 is 10.1. The van der Waals surface area contributed by atoms with Gasteiger partial charge in [0.2, 0.25) is 0 Å². The van der Waals surface area contributed by atoms with Gasteiger partial charge in [-0.1, -0.05) is 42.5 Å². The number of hydrogen-bond donors (Lipinski definition) is 1. The normalized spacial score (nSPS) is 9.96. The van der Waals surface area contributed by atoms with Gasteiger partial charge < -0.3 is 14.8 Å². The summed E-state index contributed by atoms with van der Waals surface area (Å²) in [6.07, 6.45) is 0.228. The maximum absolute atomic E-state index is 11.6. The average molecular weight is 313 g/mol. The van der Waals surface area contributed by atoms with E-state index in [-0.39, 0.29) is 12.6 Å². The van der Waals surface area contributed by atoms with E-state index in [0.717, 1.165) is 11.1 Å². The highest BCUT2D eigenvalue weighted by Crippen LogP contribution is 2.12. The topological polar surface area (TPSA) is 64.6 Å². The minimum absolute atomic E-state index is 0.254. The van der Waals surface area contributed by atoms with Gasteiger partial charge >= 0.3 is 12.1 Å². The quantitative estimate of drug-likeness (QED) is 0.657. The molecular formula is C18H19NO4. The Hall–Kier alpha value is -2.82. The molecule has 1 amide bonds. The van der Waals surface area contributed by atoms with E-state index >= 15 is 0 Å². The van der Waals surface area contributed by atoms with Crippen molar-refractivity contribution in [1.29, 1.82) is 0 Å². The number of benzene rings is 2. The maximum atomic E-state index is 11.6. The van der Waals surface area contributed by atoms with Crippen LogP contribution in [0.2, 0.25) is 0 Å². The van der Waals surface area contributed by atoms with Gasteiger partial charge in [-0.25, -0.2) is 4.79 Å². The van der Waals surface area contributed by atoms with Gasteiger partial charge in [-0.3, -0.25) is 4.79 Å². The van der Waals surface area contributed by atoms with Crippen LogP contribution in [-0.2, 0) is 22.6 Å². The van der Waals surface area contributed by atoms with Gasteiger partial charge in [0.15, 0.2) is 0 Å². The van der Waals surface area contributed by atoms with Gasteiger partial charge in [-0.2, -0.15) is 0 Å². The van der Waals surface area contributed by atoms with Crippen LogP contribution in [0.25, 0.3) is 0 Å². The van der Waals surface area contributed by atoms with Crippen LogP contribution in [0.3, 0.4) is 0 Å². The molecule has 23 heavy (non-hydrogen) atoms. The molecule has 0 saturated heterocycles. The fourth-order valence-corrected chi connectivity index (χ4v) is 1.97. The zero-order valence-electron chi connectivity index (χ0n) is 13.0. The Bertz CT molecular complexity index is 638. The summed E-state index contributed by atoms with van der Waals surface area (Å²) in [6.45, 7) is 2.09. The van der Waals surface area contributed by atoms with E-state index < -0.39 is 6.09 Å². The number of esters is 1. The molecule has 0 heterocycles. The second-order valence-electron chi connectivity index (χ2n) is 4.98. The highest BCUT2D eigenvalue weighted by atomic mass is 16.5. The summed E-state index contributed by atoms with van der Waals surface area (Å²) >= 11 is 0. The Morgan fingerprint density at radius 3 is 2.30 bits per heavy atom. The van der Waals surface area contributed by atoms with E-state index in [1.807, 2.05) is 42.5 Å². The third kappa shape index (κ3) is 6.22. The number of alkyl carbamates (subject to hydrolysis) is 1. The number of nitrogens with one attached hydrogen (secondary N) is 1. The first kappa shape index (κ1) is 16.5. The zero-order chi connectivity index (χ0) is 16.5. The van der Waals surface area contributed by atoms with Crippen LogP contribution in [0.1, 0.15) is 18.1 Å². The summed E-state index contributed by atoms with van der Waals surface area (Å²) in [5, 5.41) is 2.70. The smallest absolute Gasteiger partial charge is 0.407 e. The predicted molar refractivity (Wildman–Crippen MR) is 86.1 cm³/mol. The second-order valence-corrected chi connectivity index (χ2v) is 4.98. The molecule has 0 aliphatic carbocycles. The summed E-state index contributed by atoms with van der Waals surface area (Å²) in [5.74, 6) is 0.164. The van der Waals surface area contributed by atoms with Crippen molar-refractivity contribution in [3.05, 3.63) is 65.7 Å². The molecule has 0 aliphatic rings. The molecule has 1 N–H and O–H groups in total. The highest BCUT2D eigenvalue weighted by molar-refractivity contribution is 5.69. The largest absolute Gasteiger partial charge is 0.445 e. The SMILES string of the molecule is CC(=O)Oc1ccc(CCNC(=O)OCc2ccccc2)cc1. The van der Waals surface area contributed by atoms with E-state index in [2.05, 4.69) is 5.32 Å². The lowest BCUT2D eigenvalue weighted by atomic mass is 10.1.